The van der Waals surface area contributed by atoms with Crippen molar-refractivity contribution in [2.45, 2.75) is 19.4 Å². The number of rotatable bonds is 5. The number of benzene rings is 1. The standard InChI is InChI=1S/C16H21FN6O2/c1-16(2,19)8-23(3)15(24)22-13-7-14(21-9-20-13)25-12-5-4-10(18)6-11(12)17/h4-7,9H,8,18-19H2,1-3H3,(H,20,21,22,24). The summed E-state index contributed by atoms with van der Waals surface area (Å²) in [6, 6.07) is 5.04. The Balaban J connectivity index is 2.07. The number of nitrogens with two attached hydrogens (primary N) is 2. The maximum Gasteiger partial charge on any atom is 0.322 e. The zero-order chi connectivity index (χ0) is 18.6. The third-order valence-corrected chi connectivity index (χ3v) is 3.04. The fourth-order valence-corrected chi connectivity index (χ4v) is 2.06. The Hall–Kier alpha value is -2.94. The molecule has 0 aliphatic heterocycles. The second-order valence-corrected chi connectivity index (χ2v) is 6.31. The number of hydrogen-bond acceptors (Lipinski definition) is 6. The van der Waals surface area contributed by atoms with Crippen LogP contribution < -0.4 is 21.5 Å². The van der Waals surface area contributed by atoms with Crippen LogP contribution in [0.15, 0.2) is 30.6 Å². The minimum Gasteiger partial charge on any atom is -0.436 e. The Kier molecular flexibility index (Phi) is 5.38. The minimum atomic E-state index is -0.617. The third kappa shape index (κ3) is 5.57. The van der Waals surface area contributed by atoms with E-state index in [0.29, 0.717) is 6.54 Å². The largest absolute Gasteiger partial charge is 0.436 e. The van der Waals surface area contributed by atoms with Crippen LogP contribution in [0.1, 0.15) is 13.8 Å². The number of halogens is 1. The summed E-state index contributed by atoms with van der Waals surface area (Å²) in [7, 11) is 1.62. The molecule has 25 heavy (non-hydrogen) atoms. The number of hydrogen-bond donors (Lipinski definition) is 3. The lowest BCUT2D eigenvalue weighted by molar-refractivity contribution is 0.212. The SMILES string of the molecule is CN(CC(C)(C)N)C(=O)Nc1cc(Oc2ccc(N)cc2F)ncn1. The molecule has 0 bridgehead atoms. The van der Waals surface area contributed by atoms with E-state index in [0.717, 1.165) is 6.07 Å². The van der Waals surface area contributed by atoms with Gasteiger partial charge in [-0.3, -0.25) is 5.32 Å². The second-order valence-electron chi connectivity index (χ2n) is 6.31. The van der Waals surface area contributed by atoms with Gasteiger partial charge in [0.2, 0.25) is 5.88 Å². The van der Waals surface area contributed by atoms with Crippen LogP contribution in [-0.4, -0.2) is 40.0 Å². The molecule has 0 spiro atoms. The van der Waals surface area contributed by atoms with Crippen molar-refractivity contribution < 1.29 is 13.9 Å². The highest BCUT2D eigenvalue weighted by molar-refractivity contribution is 5.88. The van der Waals surface area contributed by atoms with Gasteiger partial charge >= 0.3 is 6.03 Å². The van der Waals surface area contributed by atoms with Crippen LogP contribution in [0.25, 0.3) is 0 Å². The monoisotopic (exact) mass is 348 g/mol. The van der Waals surface area contributed by atoms with Crippen LogP contribution >= 0.6 is 0 Å². The molecule has 2 amide bonds. The van der Waals surface area contributed by atoms with E-state index in [1.165, 1.54) is 29.4 Å². The van der Waals surface area contributed by atoms with Crippen LogP contribution in [0, 0.1) is 5.82 Å². The van der Waals surface area contributed by atoms with Crippen LogP contribution in [0.3, 0.4) is 0 Å². The fourth-order valence-electron chi connectivity index (χ4n) is 2.06. The van der Waals surface area contributed by atoms with Gasteiger partial charge in [0.15, 0.2) is 11.6 Å². The van der Waals surface area contributed by atoms with Crippen molar-refractivity contribution in [3.05, 3.63) is 36.4 Å². The first kappa shape index (κ1) is 18.4. The number of carbonyl (C=O) groups excluding carboxylic acids is 1. The number of nitrogens with one attached hydrogen (secondary N) is 1. The van der Waals surface area contributed by atoms with Crippen molar-refractivity contribution in [1.82, 2.24) is 14.9 Å². The summed E-state index contributed by atoms with van der Waals surface area (Å²) in [6.07, 6.45) is 1.20. The highest BCUT2D eigenvalue weighted by Gasteiger charge is 2.18. The molecule has 0 saturated heterocycles. The van der Waals surface area contributed by atoms with Crippen molar-refractivity contribution in [2.24, 2.45) is 5.73 Å². The maximum absolute atomic E-state index is 13.8. The number of urea groups is 1. The molecule has 0 unspecified atom stereocenters. The van der Waals surface area contributed by atoms with Crippen LogP contribution in [-0.2, 0) is 0 Å². The molecule has 2 rings (SSSR count). The smallest absolute Gasteiger partial charge is 0.322 e. The first-order valence-electron chi connectivity index (χ1n) is 7.50. The summed E-state index contributed by atoms with van der Waals surface area (Å²) >= 11 is 0. The Bertz CT molecular complexity index is 763. The molecule has 0 atom stereocenters. The lowest BCUT2D eigenvalue weighted by Gasteiger charge is -2.26. The Labute approximate surface area is 145 Å². The normalized spacial score (nSPS) is 11.1. The molecule has 2 aromatic rings. The Morgan fingerprint density at radius 2 is 2.08 bits per heavy atom. The quantitative estimate of drug-likeness (QED) is 0.713. The average molecular weight is 348 g/mol. The van der Waals surface area contributed by atoms with E-state index in [2.05, 4.69) is 15.3 Å². The number of ether oxygens (including phenoxy) is 1. The summed E-state index contributed by atoms with van der Waals surface area (Å²) in [6.45, 7) is 3.98. The number of carbonyl (C=O) groups is 1. The molecular weight excluding hydrogens is 327 g/mol. The molecule has 134 valence electrons. The van der Waals surface area contributed by atoms with Crippen molar-refractivity contribution in [3.8, 4) is 11.6 Å². The molecule has 5 N–H and O–H groups in total. The maximum atomic E-state index is 13.8. The number of anilines is 2. The zero-order valence-electron chi connectivity index (χ0n) is 14.3. The van der Waals surface area contributed by atoms with Crippen molar-refractivity contribution >= 4 is 17.5 Å². The van der Waals surface area contributed by atoms with Gasteiger partial charge in [0, 0.05) is 37.0 Å². The van der Waals surface area contributed by atoms with Gasteiger partial charge in [-0.05, 0) is 26.0 Å². The van der Waals surface area contributed by atoms with Gasteiger partial charge in [-0.1, -0.05) is 0 Å². The van der Waals surface area contributed by atoms with Crippen molar-refractivity contribution in [1.29, 1.82) is 0 Å². The molecule has 1 aromatic heterocycles. The first-order valence-corrected chi connectivity index (χ1v) is 7.50. The van der Waals surface area contributed by atoms with E-state index >= 15 is 0 Å². The minimum absolute atomic E-state index is 0.0350. The Morgan fingerprint density at radius 1 is 1.36 bits per heavy atom. The van der Waals surface area contributed by atoms with Crippen LogP contribution in [0.5, 0.6) is 11.6 Å². The van der Waals surface area contributed by atoms with Gasteiger partial charge in [-0.2, -0.15) is 0 Å². The van der Waals surface area contributed by atoms with E-state index in [1.54, 1.807) is 7.05 Å². The van der Waals surface area contributed by atoms with Gasteiger partial charge in [0.25, 0.3) is 0 Å². The predicted octanol–water partition coefficient (Wildman–Crippen LogP) is 2.19. The van der Waals surface area contributed by atoms with Gasteiger partial charge in [-0.25, -0.2) is 19.2 Å². The average Bonchev–Trinajstić information content (AvgIpc) is 2.49. The van der Waals surface area contributed by atoms with Gasteiger partial charge < -0.3 is 21.1 Å². The number of aromatic nitrogens is 2. The Morgan fingerprint density at radius 3 is 2.72 bits per heavy atom. The molecule has 8 nitrogen and oxygen atoms in total. The molecule has 0 saturated carbocycles. The lowest BCUT2D eigenvalue weighted by Crippen LogP contribution is -2.47. The summed E-state index contributed by atoms with van der Waals surface area (Å²) in [5, 5.41) is 2.60. The van der Waals surface area contributed by atoms with E-state index < -0.39 is 11.4 Å². The highest BCUT2D eigenvalue weighted by atomic mass is 19.1. The molecule has 1 aromatic carbocycles. The van der Waals surface area contributed by atoms with E-state index in [-0.39, 0.29) is 29.2 Å². The zero-order valence-corrected chi connectivity index (χ0v) is 14.3. The second kappa shape index (κ2) is 7.31. The van der Waals surface area contributed by atoms with E-state index in [9.17, 15) is 9.18 Å². The molecule has 0 aliphatic rings. The summed E-state index contributed by atoms with van der Waals surface area (Å²) in [4.78, 5) is 21.4. The highest BCUT2D eigenvalue weighted by Crippen LogP contribution is 2.25. The number of likely N-dealkylation sites (N-methyl/N-ethyl adjacent to an activating group) is 1. The number of nitrogens with zero attached hydrogens (tertiary/aromatic N) is 3. The molecule has 0 radical (unpaired) electrons. The molecule has 9 heteroatoms. The third-order valence-electron chi connectivity index (χ3n) is 3.04. The predicted molar refractivity (Wildman–Crippen MR) is 92.8 cm³/mol. The summed E-state index contributed by atoms with van der Waals surface area (Å²) in [5.74, 6) is -0.357. The molecular formula is C16H21FN6O2. The van der Waals surface area contributed by atoms with Crippen molar-refractivity contribution in [2.75, 3.05) is 24.6 Å². The lowest BCUT2D eigenvalue weighted by atomic mass is 10.1. The van der Waals surface area contributed by atoms with Crippen LogP contribution in [0.4, 0.5) is 20.7 Å². The number of amides is 2. The topological polar surface area (TPSA) is 119 Å². The molecule has 1 heterocycles. The van der Waals surface area contributed by atoms with Crippen LogP contribution in [0.2, 0.25) is 0 Å². The van der Waals surface area contributed by atoms with Crippen molar-refractivity contribution in [3.63, 3.8) is 0 Å². The van der Waals surface area contributed by atoms with E-state index in [1.807, 2.05) is 13.8 Å². The number of nitrogen functional groups attached to an aromatic ring is 1. The first-order chi connectivity index (χ1) is 11.6. The van der Waals surface area contributed by atoms with Gasteiger partial charge in [0.05, 0.1) is 0 Å². The summed E-state index contributed by atoms with van der Waals surface area (Å²) in [5.41, 5.74) is 11.1. The molecule has 0 aliphatic carbocycles. The van der Waals surface area contributed by atoms with Gasteiger partial charge in [-0.15, -0.1) is 0 Å². The van der Waals surface area contributed by atoms with E-state index in [4.69, 9.17) is 16.2 Å². The fraction of sp³-hybridized carbons (Fsp3) is 0.312. The summed E-state index contributed by atoms with van der Waals surface area (Å²) < 4.78 is 19.1. The van der Waals surface area contributed by atoms with Gasteiger partial charge in [0.1, 0.15) is 12.1 Å². The molecule has 0 fully saturated rings.